The monoisotopic (exact) mass is 252 g/mol. The molecule has 1 rings (SSSR count). The van der Waals surface area contributed by atoms with Gasteiger partial charge in [-0.15, -0.1) is 23.2 Å². The van der Waals surface area contributed by atoms with E-state index < -0.39 is 12.2 Å². The molecule has 0 bridgehead atoms. The van der Waals surface area contributed by atoms with Gasteiger partial charge in [-0.1, -0.05) is 0 Å². The number of hydrogen-bond acceptors (Lipinski definition) is 3. The molecule has 1 saturated carbocycles. The Kier molecular flexibility index (Phi) is 3.39. The third-order valence-corrected chi connectivity index (χ3v) is 4.04. The van der Waals surface area contributed by atoms with E-state index in [0.29, 0.717) is 24.2 Å². The second kappa shape index (κ2) is 3.65. The Labute approximate surface area is 84.0 Å². The maximum atomic E-state index is 10.2. The normalized spacial score (nSPS) is 27.2. The fourth-order valence-electron chi connectivity index (χ4n) is 0.632. The van der Waals surface area contributed by atoms with Gasteiger partial charge >= 0.3 is 7.82 Å². The van der Waals surface area contributed by atoms with Gasteiger partial charge in [0.15, 0.2) is 0 Å². The van der Waals surface area contributed by atoms with E-state index in [1.165, 1.54) is 0 Å². The van der Waals surface area contributed by atoms with Gasteiger partial charge in [0.2, 0.25) is 0 Å². The van der Waals surface area contributed by atoms with E-state index in [1.54, 1.807) is 0 Å². The predicted octanol–water partition coefficient (Wildman–Crippen LogP) is 1.94. The van der Waals surface area contributed by atoms with Crippen molar-refractivity contribution in [1.29, 1.82) is 0 Å². The van der Waals surface area contributed by atoms with Crippen LogP contribution in [0.4, 0.5) is 0 Å². The van der Waals surface area contributed by atoms with Crippen molar-refractivity contribution < 1.29 is 18.3 Å². The number of hydrogen-bond donors (Lipinski definition) is 2. The highest BCUT2D eigenvalue weighted by atomic mass is 35.5. The number of phosphoric acid groups is 1. The summed E-state index contributed by atoms with van der Waals surface area (Å²) in [5, 5.41) is 0. The molecule has 0 spiro atoms. The summed E-state index contributed by atoms with van der Waals surface area (Å²) < 4.78 is 13.6. The molecule has 2 N–H and O–H groups in total. The van der Waals surface area contributed by atoms with Crippen molar-refractivity contribution in [2.24, 2.45) is 5.92 Å². The fourth-order valence-corrected chi connectivity index (χ4v) is 2.70. The van der Waals surface area contributed by atoms with Gasteiger partial charge in [-0.25, -0.2) is 8.54 Å². The third-order valence-electron chi connectivity index (χ3n) is 1.37. The minimum Gasteiger partial charge on any atom is -0.302 e. The average molecular weight is 253 g/mol. The van der Waals surface area contributed by atoms with Gasteiger partial charge in [0.05, 0.1) is 0 Å². The molecule has 0 heterocycles. The minimum absolute atomic E-state index is 0.0670. The Balaban J connectivity index is 2.09. The van der Waals surface area contributed by atoms with Gasteiger partial charge in [-0.3, -0.25) is 0 Å². The van der Waals surface area contributed by atoms with Crippen molar-refractivity contribution in [3.8, 4) is 0 Å². The standard InChI is InChI=1S/C4H7Cl2O4PS/c5-4(6)1-3(4)2-12-10-11(7,8)9/h3H,1-2H2,(H2,7,8,9). The second-order valence-electron chi connectivity index (χ2n) is 2.51. The molecule has 0 aromatic rings. The number of alkyl halides is 2. The van der Waals surface area contributed by atoms with Crippen LogP contribution in [-0.4, -0.2) is 19.9 Å². The zero-order chi connectivity index (χ0) is 9.41. The molecule has 4 nitrogen and oxygen atoms in total. The Morgan fingerprint density at radius 2 is 2.17 bits per heavy atom. The fraction of sp³-hybridized carbons (Fsp3) is 1.00. The number of rotatable bonds is 4. The molecule has 0 aromatic heterocycles. The molecule has 72 valence electrons. The Morgan fingerprint density at radius 1 is 1.67 bits per heavy atom. The first-order valence-corrected chi connectivity index (χ1v) is 6.25. The molecule has 1 fully saturated rings. The summed E-state index contributed by atoms with van der Waals surface area (Å²) in [6.07, 6.45) is 0.646. The van der Waals surface area contributed by atoms with Gasteiger partial charge < -0.3 is 9.79 Å². The highest BCUT2D eigenvalue weighted by Crippen LogP contribution is 2.55. The van der Waals surface area contributed by atoms with E-state index in [2.05, 4.69) is 3.97 Å². The Hall–Kier alpha value is 1.04. The van der Waals surface area contributed by atoms with E-state index in [-0.39, 0.29) is 5.92 Å². The van der Waals surface area contributed by atoms with Crippen LogP contribution < -0.4 is 0 Å². The molecule has 1 aliphatic carbocycles. The SMILES string of the molecule is O=P(O)(O)OSCC1CC1(Cl)Cl. The molecule has 0 aromatic carbocycles. The molecule has 12 heavy (non-hydrogen) atoms. The lowest BCUT2D eigenvalue weighted by atomic mass is 10.5. The zero-order valence-corrected chi connectivity index (χ0v) is 9.04. The zero-order valence-electron chi connectivity index (χ0n) is 5.81. The quantitative estimate of drug-likeness (QED) is 0.455. The molecule has 0 saturated heterocycles. The third kappa shape index (κ3) is 3.83. The largest absolute Gasteiger partial charge is 0.480 e. The first-order chi connectivity index (χ1) is 5.31. The summed E-state index contributed by atoms with van der Waals surface area (Å²) in [6.45, 7) is 0. The summed E-state index contributed by atoms with van der Waals surface area (Å²) in [4.78, 5) is 16.6. The maximum absolute atomic E-state index is 10.2. The Bertz CT molecular complexity index is 217. The predicted molar refractivity (Wildman–Crippen MR) is 48.1 cm³/mol. The molecule has 1 aliphatic rings. The molecule has 1 unspecified atom stereocenters. The lowest BCUT2D eigenvalue weighted by Crippen LogP contribution is -1.93. The van der Waals surface area contributed by atoms with Crippen molar-refractivity contribution in [2.45, 2.75) is 10.8 Å². The van der Waals surface area contributed by atoms with E-state index in [1.807, 2.05) is 0 Å². The van der Waals surface area contributed by atoms with Crippen LogP contribution in [0.5, 0.6) is 0 Å². The lowest BCUT2D eigenvalue weighted by molar-refractivity contribution is 0.298. The van der Waals surface area contributed by atoms with Gasteiger partial charge in [0, 0.05) is 23.7 Å². The number of halogens is 2. The van der Waals surface area contributed by atoms with Crippen molar-refractivity contribution in [2.75, 3.05) is 5.75 Å². The molecule has 0 amide bonds. The molecule has 8 heteroatoms. The van der Waals surface area contributed by atoms with Crippen LogP contribution in [0.3, 0.4) is 0 Å². The highest BCUT2D eigenvalue weighted by Gasteiger charge is 2.51. The minimum atomic E-state index is -4.36. The van der Waals surface area contributed by atoms with Crippen molar-refractivity contribution >= 4 is 43.1 Å². The summed E-state index contributed by atoms with van der Waals surface area (Å²) >= 11 is 12.0. The first kappa shape index (κ1) is 11.1. The van der Waals surface area contributed by atoms with Crippen LogP contribution >= 0.6 is 43.1 Å². The van der Waals surface area contributed by atoms with Crippen molar-refractivity contribution in [3.63, 3.8) is 0 Å². The van der Waals surface area contributed by atoms with Crippen LogP contribution in [0.15, 0.2) is 0 Å². The average Bonchev–Trinajstić information content (AvgIpc) is 2.36. The molecule has 1 atom stereocenters. The Morgan fingerprint density at radius 3 is 2.50 bits per heavy atom. The van der Waals surface area contributed by atoms with Crippen molar-refractivity contribution in [1.82, 2.24) is 0 Å². The molecule has 0 aliphatic heterocycles. The van der Waals surface area contributed by atoms with E-state index in [9.17, 15) is 4.57 Å². The van der Waals surface area contributed by atoms with Crippen molar-refractivity contribution in [3.05, 3.63) is 0 Å². The van der Waals surface area contributed by atoms with Gasteiger partial charge in [0.25, 0.3) is 0 Å². The van der Waals surface area contributed by atoms with E-state index >= 15 is 0 Å². The van der Waals surface area contributed by atoms with Crippen LogP contribution in [0.1, 0.15) is 6.42 Å². The second-order valence-corrected chi connectivity index (χ2v) is 6.20. The van der Waals surface area contributed by atoms with Gasteiger partial charge in [-0.05, 0) is 6.42 Å². The summed E-state index contributed by atoms with van der Waals surface area (Å²) in [7, 11) is -4.36. The van der Waals surface area contributed by atoms with Crippen LogP contribution in [0, 0.1) is 5.92 Å². The topological polar surface area (TPSA) is 66.8 Å². The lowest BCUT2D eigenvalue weighted by Gasteiger charge is -2.02. The molecular formula is C4H7Cl2O4PS. The summed E-state index contributed by atoms with van der Waals surface area (Å²) in [5.41, 5.74) is 0. The van der Waals surface area contributed by atoms with Gasteiger partial charge in [0.1, 0.15) is 4.33 Å². The first-order valence-electron chi connectivity index (χ1n) is 3.06. The van der Waals surface area contributed by atoms with E-state index in [4.69, 9.17) is 33.0 Å². The highest BCUT2D eigenvalue weighted by molar-refractivity contribution is 7.97. The molecular weight excluding hydrogens is 246 g/mol. The van der Waals surface area contributed by atoms with Crippen LogP contribution in [-0.2, 0) is 8.54 Å². The molecule has 0 radical (unpaired) electrons. The van der Waals surface area contributed by atoms with Crippen LogP contribution in [0.25, 0.3) is 0 Å². The van der Waals surface area contributed by atoms with Gasteiger partial charge in [-0.2, -0.15) is 0 Å². The van der Waals surface area contributed by atoms with Crippen LogP contribution in [0.2, 0.25) is 0 Å². The summed E-state index contributed by atoms with van der Waals surface area (Å²) in [5.74, 6) is 0.468. The van der Waals surface area contributed by atoms with E-state index in [0.717, 1.165) is 0 Å². The summed E-state index contributed by atoms with van der Waals surface area (Å²) in [6, 6.07) is 0. The smallest absolute Gasteiger partial charge is 0.302 e. The maximum Gasteiger partial charge on any atom is 0.480 e.